The molecule has 1 N–H and O–H groups in total. The molecule has 5 heteroatoms. The van der Waals surface area contributed by atoms with E-state index < -0.39 is 18.6 Å². The van der Waals surface area contributed by atoms with Crippen LogP contribution in [0.15, 0.2) is 18.2 Å². The molecule has 0 saturated heterocycles. The zero-order chi connectivity index (χ0) is 12.3. The van der Waals surface area contributed by atoms with Gasteiger partial charge < -0.3 is 5.32 Å². The van der Waals surface area contributed by atoms with Crippen LogP contribution in [0.3, 0.4) is 0 Å². The summed E-state index contributed by atoms with van der Waals surface area (Å²) in [5, 5.41) is 2.84. The summed E-state index contributed by atoms with van der Waals surface area (Å²) in [6, 6.07) is 4.93. The number of aryl methyl sites for hydroxylation is 1. The van der Waals surface area contributed by atoms with Gasteiger partial charge in [0.2, 0.25) is 0 Å². The van der Waals surface area contributed by atoms with Crippen LogP contribution >= 0.6 is 22.6 Å². The Labute approximate surface area is 107 Å². The number of nitrogens with one attached hydrogen (secondary N) is 1. The molecule has 1 unspecified atom stereocenters. The highest BCUT2D eigenvalue weighted by Crippen LogP contribution is 2.24. The highest BCUT2D eigenvalue weighted by molar-refractivity contribution is 14.1. The van der Waals surface area contributed by atoms with Gasteiger partial charge in [0.25, 0.3) is 0 Å². The smallest absolute Gasteiger partial charge is 0.382 e. The Morgan fingerprint density at radius 3 is 2.50 bits per heavy atom. The lowest BCUT2D eigenvalue weighted by molar-refractivity contribution is -0.136. The van der Waals surface area contributed by atoms with E-state index in [1.54, 1.807) is 6.07 Å². The number of rotatable bonds is 3. The van der Waals surface area contributed by atoms with Gasteiger partial charge in [-0.25, -0.2) is 0 Å². The lowest BCUT2D eigenvalue weighted by atomic mass is 10.2. The highest BCUT2D eigenvalue weighted by atomic mass is 127. The average molecular weight is 343 g/mol. The molecule has 1 nitrogen and oxygen atoms in total. The molecule has 0 radical (unpaired) electrons. The van der Waals surface area contributed by atoms with E-state index in [9.17, 15) is 13.2 Å². The Hall–Kier alpha value is -0.460. The maximum Gasteiger partial charge on any atom is 0.391 e. The van der Waals surface area contributed by atoms with E-state index >= 15 is 0 Å². The second-order valence-corrected chi connectivity index (χ2v) is 4.99. The third kappa shape index (κ3) is 4.59. The summed E-state index contributed by atoms with van der Waals surface area (Å²) in [4.78, 5) is 0. The van der Waals surface area contributed by atoms with Crippen LogP contribution in [0, 0.1) is 10.5 Å². The number of alkyl halides is 3. The van der Waals surface area contributed by atoms with Crippen molar-refractivity contribution in [3.8, 4) is 0 Å². The molecular weight excluding hydrogens is 330 g/mol. The standard InChI is InChI=1S/C11H13F3IN/c1-7-3-4-9(5-10(7)15)16-8(2)6-11(12,13)14/h3-5,8,16H,6H2,1-2H3. The average Bonchev–Trinajstić information content (AvgIpc) is 2.08. The van der Waals surface area contributed by atoms with E-state index in [2.05, 4.69) is 27.9 Å². The van der Waals surface area contributed by atoms with Gasteiger partial charge in [-0.3, -0.25) is 0 Å². The van der Waals surface area contributed by atoms with Crippen molar-refractivity contribution in [2.24, 2.45) is 0 Å². The molecule has 0 spiro atoms. The summed E-state index contributed by atoms with van der Waals surface area (Å²) in [5.74, 6) is 0. The molecular formula is C11H13F3IN. The van der Waals surface area contributed by atoms with E-state index in [4.69, 9.17) is 0 Å². The molecule has 0 bridgehead atoms. The van der Waals surface area contributed by atoms with Crippen molar-refractivity contribution >= 4 is 28.3 Å². The van der Waals surface area contributed by atoms with Gasteiger partial charge >= 0.3 is 6.18 Å². The van der Waals surface area contributed by atoms with Crippen LogP contribution in [-0.2, 0) is 0 Å². The molecule has 1 atom stereocenters. The number of anilines is 1. The molecule has 16 heavy (non-hydrogen) atoms. The summed E-state index contributed by atoms with van der Waals surface area (Å²) in [5.41, 5.74) is 1.85. The minimum absolute atomic E-state index is 0.612. The fourth-order valence-electron chi connectivity index (χ4n) is 1.37. The maximum absolute atomic E-state index is 12.1. The molecule has 0 saturated carbocycles. The highest BCUT2D eigenvalue weighted by Gasteiger charge is 2.29. The zero-order valence-corrected chi connectivity index (χ0v) is 11.2. The summed E-state index contributed by atoms with van der Waals surface area (Å²) in [7, 11) is 0. The summed E-state index contributed by atoms with van der Waals surface area (Å²) < 4.78 is 37.4. The third-order valence-electron chi connectivity index (χ3n) is 2.12. The first-order valence-corrected chi connectivity index (χ1v) is 5.95. The van der Waals surface area contributed by atoms with Crippen molar-refractivity contribution in [1.29, 1.82) is 0 Å². The Balaban J connectivity index is 2.63. The van der Waals surface area contributed by atoms with Gasteiger partial charge in [0.15, 0.2) is 0 Å². The molecule has 0 amide bonds. The normalized spacial score (nSPS) is 13.6. The maximum atomic E-state index is 12.1. The number of hydrogen-bond donors (Lipinski definition) is 1. The molecule has 0 aliphatic carbocycles. The van der Waals surface area contributed by atoms with Crippen molar-refractivity contribution in [2.75, 3.05) is 5.32 Å². The van der Waals surface area contributed by atoms with Gasteiger partial charge in [-0.15, -0.1) is 0 Å². The predicted molar refractivity (Wildman–Crippen MR) is 67.7 cm³/mol. The Morgan fingerprint density at radius 1 is 1.38 bits per heavy atom. The summed E-state index contributed by atoms with van der Waals surface area (Å²) in [6.07, 6.45) is -4.94. The van der Waals surface area contributed by atoms with Crippen molar-refractivity contribution in [1.82, 2.24) is 0 Å². The van der Waals surface area contributed by atoms with E-state index in [1.165, 1.54) is 6.92 Å². The number of halogens is 4. The first-order chi connectivity index (χ1) is 7.28. The molecule has 90 valence electrons. The fourth-order valence-corrected chi connectivity index (χ4v) is 1.88. The van der Waals surface area contributed by atoms with Crippen molar-refractivity contribution < 1.29 is 13.2 Å². The lowest BCUT2D eigenvalue weighted by Crippen LogP contribution is -2.23. The van der Waals surface area contributed by atoms with Gasteiger partial charge in [0.1, 0.15) is 0 Å². The van der Waals surface area contributed by atoms with Gasteiger partial charge in [0, 0.05) is 15.3 Å². The lowest BCUT2D eigenvalue weighted by Gasteiger charge is -2.17. The van der Waals surface area contributed by atoms with E-state index in [1.807, 2.05) is 19.1 Å². The van der Waals surface area contributed by atoms with Crippen LogP contribution in [0.1, 0.15) is 18.9 Å². The molecule has 0 aliphatic heterocycles. The second kappa shape index (κ2) is 5.25. The van der Waals surface area contributed by atoms with Gasteiger partial charge in [-0.2, -0.15) is 13.2 Å². The summed E-state index contributed by atoms with van der Waals surface area (Å²) in [6.45, 7) is 3.49. The van der Waals surface area contributed by atoms with E-state index in [0.717, 1.165) is 14.8 Å². The van der Waals surface area contributed by atoms with Crippen LogP contribution in [0.4, 0.5) is 18.9 Å². The predicted octanol–water partition coefficient (Wildman–Crippen LogP) is 4.35. The first kappa shape index (κ1) is 13.6. The topological polar surface area (TPSA) is 12.0 Å². The largest absolute Gasteiger partial charge is 0.391 e. The third-order valence-corrected chi connectivity index (χ3v) is 3.28. The van der Waals surface area contributed by atoms with Gasteiger partial charge in [-0.05, 0) is 54.1 Å². The van der Waals surface area contributed by atoms with Crippen LogP contribution in [-0.4, -0.2) is 12.2 Å². The van der Waals surface area contributed by atoms with E-state index in [-0.39, 0.29) is 0 Å². The molecule has 1 aromatic carbocycles. The number of benzene rings is 1. The van der Waals surface area contributed by atoms with Gasteiger partial charge in [-0.1, -0.05) is 6.07 Å². The number of hydrogen-bond acceptors (Lipinski definition) is 1. The van der Waals surface area contributed by atoms with Gasteiger partial charge in [0.05, 0.1) is 6.42 Å². The minimum atomic E-state index is -4.12. The first-order valence-electron chi connectivity index (χ1n) is 4.87. The fraction of sp³-hybridized carbons (Fsp3) is 0.455. The van der Waals surface area contributed by atoms with Crippen molar-refractivity contribution in [3.05, 3.63) is 27.3 Å². The molecule has 1 rings (SSSR count). The molecule has 0 aliphatic rings. The van der Waals surface area contributed by atoms with E-state index in [0.29, 0.717) is 0 Å². The van der Waals surface area contributed by atoms with Crippen LogP contribution in [0.2, 0.25) is 0 Å². The monoisotopic (exact) mass is 343 g/mol. The quantitative estimate of drug-likeness (QED) is 0.805. The minimum Gasteiger partial charge on any atom is -0.382 e. The SMILES string of the molecule is Cc1ccc(NC(C)CC(F)(F)F)cc1I. The molecule has 0 aromatic heterocycles. The molecule has 0 heterocycles. The Bertz CT molecular complexity index is 363. The van der Waals surface area contributed by atoms with Crippen LogP contribution in [0.25, 0.3) is 0 Å². The van der Waals surface area contributed by atoms with Crippen molar-refractivity contribution in [2.45, 2.75) is 32.5 Å². The van der Waals surface area contributed by atoms with Crippen molar-refractivity contribution in [3.63, 3.8) is 0 Å². The second-order valence-electron chi connectivity index (χ2n) is 3.83. The Morgan fingerprint density at radius 2 is 2.00 bits per heavy atom. The summed E-state index contributed by atoms with van der Waals surface area (Å²) >= 11 is 2.16. The van der Waals surface area contributed by atoms with Crippen LogP contribution < -0.4 is 5.32 Å². The Kier molecular flexibility index (Phi) is 4.46. The molecule has 0 fully saturated rings. The molecule has 1 aromatic rings. The zero-order valence-electron chi connectivity index (χ0n) is 9.03. The van der Waals surface area contributed by atoms with Crippen LogP contribution in [0.5, 0.6) is 0 Å².